The molecule has 5 nitrogen and oxygen atoms in total. The summed E-state index contributed by atoms with van der Waals surface area (Å²) in [4.78, 5) is 11.7. The highest BCUT2D eigenvalue weighted by Gasteiger charge is 2.48. The molecule has 0 aromatic carbocycles. The van der Waals surface area contributed by atoms with E-state index in [4.69, 9.17) is 9.47 Å². The maximum Gasteiger partial charge on any atom is 0.309 e. The number of hydrogen-bond acceptors (Lipinski definition) is 4. The first-order valence-electron chi connectivity index (χ1n) is 7.59. The zero-order valence-electron chi connectivity index (χ0n) is 12.7. The van der Waals surface area contributed by atoms with Crippen LogP contribution in [0.15, 0.2) is 0 Å². The SMILES string of the molecule is COC1COCCC1N[C@@H]1CC[C@@](C(=O)O)(C(C)C)C1. The van der Waals surface area contributed by atoms with E-state index < -0.39 is 11.4 Å². The zero-order chi connectivity index (χ0) is 14.8. The molecule has 0 radical (unpaired) electrons. The molecule has 116 valence electrons. The van der Waals surface area contributed by atoms with Crippen molar-refractivity contribution in [3.05, 3.63) is 0 Å². The number of nitrogens with one attached hydrogen (secondary N) is 1. The Morgan fingerprint density at radius 1 is 1.45 bits per heavy atom. The Morgan fingerprint density at radius 3 is 2.75 bits per heavy atom. The average molecular weight is 285 g/mol. The Hall–Kier alpha value is -0.650. The number of rotatable bonds is 5. The Kier molecular flexibility index (Phi) is 5.04. The molecule has 4 atom stereocenters. The van der Waals surface area contributed by atoms with Gasteiger partial charge in [-0.15, -0.1) is 0 Å². The molecule has 0 aromatic heterocycles. The molecule has 1 heterocycles. The number of carboxylic acid groups (broad SMARTS) is 1. The van der Waals surface area contributed by atoms with Crippen molar-refractivity contribution in [3.8, 4) is 0 Å². The quantitative estimate of drug-likeness (QED) is 0.804. The maximum absolute atomic E-state index is 11.7. The lowest BCUT2D eigenvalue weighted by atomic mass is 9.75. The number of carbonyl (C=O) groups is 1. The van der Waals surface area contributed by atoms with Gasteiger partial charge in [-0.1, -0.05) is 13.8 Å². The van der Waals surface area contributed by atoms with E-state index in [-0.39, 0.29) is 24.1 Å². The molecule has 2 N–H and O–H groups in total. The van der Waals surface area contributed by atoms with Gasteiger partial charge in [0.25, 0.3) is 0 Å². The standard InChI is InChI=1S/C15H27NO4/c1-10(2)15(14(17)18)6-4-11(8-15)16-12-5-7-20-9-13(12)19-3/h10-13,16H,4-9H2,1-3H3,(H,17,18)/t11-,12?,13?,15+/m1/s1. The summed E-state index contributed by atoms with van der Waals surface area (Å²) < 4.78 is 10.9. The fraction of sp³-hybridized carbons (Fsp3) is 0.933. The second kappa shape index (κ2) is 6.41. The van der Waals surface area contributed by atoms with Crippen LogP contribution in [0.2, 0.25) is 0 Å². The average Bonchev–Trinajstić information content (AvgIpc) is 2.85. The topological polar surface area (TPSA) is 67.8 Å². The van der Waals surface area contributed by atoms with Crippen LogP contribution in [-0.2, 0) is 14.3 Å². The van der Waals surface area contributed by atoms with E-state index in [1.165, 1.54) is 0 Å². The van der Waals surface area contributed by atoms with Crippen LogP contribution in [0.3, 0.4) is 0 Å². The fourth-order valence-electron chi connectivity index (χ4n) is 3.62. The van der Waals surface area contributed by atoms with Gasteiger partial charge in [0.2, 0.25) is 0 Å². The third-order valence-corrected chi connectivity index (χ3v) is 5.14. The first kappa shape index (κ1) is 15.7. The second-order valence-corrected chi connectivity index (χ2v) is 6.47. The van der Waals surface area contributed by atoms with Crippen molar-refractivity contribution in [1.29, 1.82) is 0 Å². The Morgan fingerprint density at radius 2 is 2.20 bits per heavy atom. The van der Waals surface area contributed by atoms with Crippen molar-refractivity contribution < 1.29 is 19.4 Å². The van der Waals surface area contributed by atoms with E-state index >= 15 is 0 Å². The molecular weight excluding hydrogens is 258 g/mol. The highest BCUT2D eigenvalue weighted by Crippen LogP contribution is 2.44. The summed E-state index contributed by atoms with van der Waals surface area (Å²) in [5.74, 6) is -0.480. The van der Waals surface area contributed by atoms with Crippen molar-refractivity contribution in [2.24, 2.45) is 11.3 Å². The molecule has 1 aliphatic heterocycles. The van der Waals surface area contributed by atoms with E-state index in [2.05, 4.69) is 5.32 Å². The highest BCUT2D eigenvalue weighted by molar-refractivity contribution is 5.75. The van der Waals surface area contributed by atoms with Gasteiger partial charge in [0, 0.05) is 25.8 Å². The molecule has 0 bridgehead atoms. The normalized spacial score (nSPS) is 38.3. The van der Waals surface area contributed by atoms with Crippen LogP contribution >= 0.6 is 0 Å². The minimum atomic E-state index is -0.646. The summed E-state index contributed by atoms with van der Waals surface area (Å²) in [5, 5.41) is 13.2. The predicted octanol–water partition coefficient (Wildman–Crippen LogP) is 1.66. The molecule has 2 unspecified atom stereocenters. The minimum Gasteiger partial charge on any atom is -0.481 e. The van der Waals surface area contributed by atoms with E-state index in [9.17, 15) is 9.90 Å². The van der Waals surface area contributed by atoms with Crippen LogP contribution in [0.25, 0.3) is 0 Å². The minimum absolute atomic E-state index is 0.0719. The smallest absolute Gasteiger partial charge is 0.309 e. The molecule has 0 spiro atoms. The second-order valence-electron chi connectivity index (χ2n) is 6.47. The lowest BCUT2D eigenvalue weighted by Crippen LogP contribution is -2.51. The monoisotopic (exact) mass is 285 g/mol. The van der Waals surface area contributed by atoms with Crippen LogP contribution in [0, 0.1) is 11.3 Å². The van der Waals surface area contributed by atoms with Gasteiger partial charge in [0.15, 0.2) is 0 Å². The lowest BCUT2D eigenvalue weighted by Gasteiger charge is -2.34. The summed E-state index contributed by atoms with van der Waals surface area (Å²) in [6.07, 6.45) is 3.41. The van der Waals surface area contributed by atoms with Crippen molar-refractivity contribution in [1.82, 2.24) is 5.32 Å². The summed E-state index contributed by atoms with van der Waals surface area (Å²) in [7, 11) is 1.71. The molecule has 2 rings (SSSR count). The van der Waals surface area contributed by atoms with E-state index in [0.29, 0.717) is 13.0 Å². The van der Waals surface area contributed by atoms with E-state index in [1.807, 2.05) is 13.8 Å². The molecule has 0 amide bonds. The summed E-state index contributed by atoms with van der Waals surface area (Å²) in [6.45, 7) is 5.40. The molecule has 0 aromatic rings. The molecule has 1 saturated carbocycles. The van der Waals surface area contributed by atoms with Gasteiger partial charge in [-0.2, -0.15) is 0 Å². The number of aliphatic carboxylic acids is 1. The number of methoxy groups -OCH3 is 1. The Labute approximate surface area is 121 Å². The Bertz CT molecular complexity index is 347. The van der Waals surface area contributed by atoms with Gasteiger partial charge in [0.1, 0.15) is 0 Å². The Balaban J connectivity index is 1.97. The third kappa shape index (κ3) is 3.00. The largest absolute Gasteiger partial charge is 0.481 e. The van der Waals surface area contributed by atoms with Gasteiger partial charge in [-0.3, -0.25) is 4.79 Å². The van der Waals surface area contributed by atoms with Gasteiger partial charge >= 0.3 is 5.97 Å². The van der Waals surface area contributed by atoms with Crippen LogP contribution < -0.4 is 5.32 Å². The van der Waals surface area contributed by atoms with Crippen LogP contribution in [-0.4, -0.2) is 49.6 Å². The van der Waals surface area contributed by atoms with Gasteiger partial charge in [-0.05, 0) is 31.6 Å². The van der Waals surface area contributed by atoms with Gasteiger partial charge in [-0.25, -0.2) is 0 Å². The molecule has 2 aliphatic rings. The molecular formula is C15H27NO4. The molecule has 20 heavy (non-hydrogen) atoms. The number of carboxylic acids is 1. The van der Waals surface area contributed by atoms with Crippen molar-refractivity contribution in [2.45, 2.75) is 57.7 Å². The van der Waals surface area contributed by atoms with Gasteiger partial charge in [0.05, 0.1) is 18.1 Å². The molecule has 1 aliphatic carbocycles. The van der Waals surface area contributed by atoms with Crippen LogP contribution in [0.5, 0.6) is 0 Å². The predicted molar refractivity (Wildman–Crippen MR) is 75.7 cm³/mol. The van der Waals surface area contributed by atoms with E-state index in [0.717, 1.165) is 25.9 Å². The van der Waals surface area contributed by atoms with Crippen LogP contribution in [0.4, 0.5) is 0 Å². The van der Waals surface area contributed by atoms with E-state index in [1.54, 1.807) is 7.11 Å². The lowest BCUT2D eigenvalue weighted by molar-refractivity contribution is -0.151. The summed E-state index contributed by atoms with van der Waals surface area (Å²) in [6, 6.07) is 0.546. The molecule has 2 fully saturated rings. The number of ether oxygens (including phenoxy) is 2. The summed E-state index contributed by atoms with van der Waals surface area (Å²) >= 11 is 0. The highest BCUT2D eigenvalue weighted by atomic mass is 16.5. The first-order chi connectivity index (χ1) is 9.49. The maximum atomic E-state index is 11.7. The zero-order valence-corrected chi connectivity index (χ0v) is 12.7. The fourth-order valence-corrected chi connectivity index (χ4v) is 3.62. The summed E-state index contributed by atoms with van der Waals surface area (Å²) in [5.41, 5.74) is -0.564. The third-order valence-electron chi connectivity index (χ3n) is 5.14. The first-order valence-corrected chi connectivity index (χ1v) is 7.59. The molecule has 5 heteroatoms. The number of hydrogen-bond donors (Lipinski definition) is 2. The van der Waals surface area contributed by atoms with Crippen molar-refractivity contribution in [2.75, 3.05) is 20.3 Å². The van der Waals surface area contributed by atoms with Crippen LogP contribution in [0.1, 0.15) is 39.5 Å². The van der Waals surface area contributed by atoms with Crippen molar-refractivity contribution in [3.63, 3.8) is 0 Å². The molecule has 1 saturated heterocycles. The van der Waals surface area contributed by atoms with Gasteiger partial charge < -0.3 is 19.9 Å². The van der Waals surface area contributed by atoms with Crippen molar-refractivity contribution >= 4 is 5.97 Å².